The SMILES string of the molecule is Cc1ccc(-c2nc(N)no2)cc1. The van der Waals surface area contributed by atoms with E-state index in [1.165, 1.54) is 5.56 Å². The zero-order chi connectivity index (χ0) is 9.26. The molecular formula is C9H9N3O. The van der Waals surface area contributed by atoms with Gasteiger partial charge in [-0.1, -0.05) is 17.7 Å². The van der Waals surface area contributed by atoms with Crippen molar-refractivity contribution in [3.05, 3.63) is 29.8 Å². The highest BCUT2D eigenvalue weighted by atomic mass is 16.5. The predicted octanol–water partition coefficient (Wildman–Crippen LogP) is 1.63. The molecular weight excluding hydrogens is 166 g/mol. The predicted molar refractivity (Wildman–Crippen MR) is 48.9 cm³/mol. The van der Waals surface area contributed by atoms with Crippen LogP contribution in [0.3, 0.4) is 0 Å². The second kappa shape index (κ2) is 2.90. The van der Waals surface area contributed by atoms with Crippen LogP contribution in [0, 0.1) is 6.92 Å². The van der Waals surface area contributed by atoms with E-state index >= 15 is 0 Å². The Morgan fingerprint density at radius 1 is 1.23 bits per heavy atom. The first kappa shape index (κ1) is 7.79. The zero-order valence-corrected chi connectivity index (χ0v) is 7.19. The number of aryl methyl sites for hydroxylation is 1. The number of nitrogens with two attached hydrogens (primary N) is 1. The summed E-state index contributed by atoms with van der Waals surface area (Å²) >= 11 is 0. The van der Waals surface area contributed by atoms with Crippen LogP contribution in [0.1, 0.15) is 5.56 Å². The first-order chi connectivity index (χ1) is 6.25. The molecule has 2 N–H and O–H groups in total. The molecule has 0 unspecified atom stereocenters. The zero-order valence-electron chi connectivity index (χ0n) is 7.19. The second-order valence-corrected chi connectivity index (χ2v) is 2.82. The molecule has 0 saturated heterocycles. The van der Waals surface area contributed by atoms with Gasteiger partial charge in [0.15, 0.2) is 0 Å². The maximum atomic E-state index is 5.33. The summed E-state index contributed by atoms with van der Waals surface area (Å²) in [5.41, 5.74) is 7.40. The lowest BCUT2D eigenvalue weighted by molar-refractivity contribution is 0.433. The van der Waals surface area contributed by atoms with Crippen molar-refractivity contribution in [3.63, 3.8) is 0 Å². The van der Waals surface area contributed by atoms with Gasteiger partial charge in [-0.3, -0.25) is 0 Å². The Morgan fingerprint density at radius 3 is 2.46 bits per heavy atom. The summed E-state index contributed by atoms with van der Waals surface area (Å²) < 4.78 is 4.90. The molecule has 66 valence electrons. The lowest BCUT2D eigenvalue weighted by Crippen LogP contribution is -1.85. The third-order valence-electron chi connectivity index (χ3n) is 1.74. The van der Waals surface area contributed by atoms with Crippen LogP contribution in [0.5, 0.6) is 0 Å². The van der Waals surface area contributed by atoms with Crippen LogP contribution in [-0.4, -0.2) is 10.1 Å². The molecule has 0 amide bonds. The van der Waals surface area contributed by atoms with Crippen molar-refractivity contribution in [1.29, 1.82) is 0 Å². The number of rotatable bonds is 1. The van der Waals surface area contributed by atoms with Gasteiger partial charge < -0.3 is 10.3 Å². The van der Waals surface area contributed by atoms with Crippen molar-refractivity contribution in [3.8, 4) is 11.5 Å². The van der Waals surface area contributed by atoms with Gasteiger partial charge in [-0.2, -0.15) is 4.98 Å². The molecule has 0 fully saturated rings. The first-order valence-electron chi connectivity index (χ1n) is 3.92. The van der Waals surface area contributed by atoms with Crippen LogP contribution >= 0.6 is 0 Å². The van der Waals surface area contributed by atoms with E-state index in [9.17, 15) is 0 Å². The Balaban J connectivity index is 2.41. The van der Waals surface area contributed by atoms with Crippen molar-refractivity contribution >= 4 is 5.95 Å². The van der Waals surface area contributed by atoms with Gasteiger partial charge in [-0.05, 0) is 24.2 Å². The van der Waals surface area contributed by atoms with Gasteiger partial charge in [0.1, 0.15) is 0 Å². The van der Waals surface area contributed by atoms with Gasteiger partial charge in [0.2, 0.25) is 0 Å². The topological polar surface area (TPSA) is 64.9 Å². The molecule has 0 aliphatic rings. The van der Waals surface area contributed by atoms with Gasteiger partial charge in [0.25, 0.3) is 11.8 Å². The fourth-order valence-electron chi connectivity index (χ4n) is 1.05. The average molecular weight is 175 g/mol. The average Bonchev–Trinajstić information content (AvgIpc) is 2.53. The minimum Gasteiger partial charge on any atom is -0.365 e. The van der Waals surface area contributed by atoms with Gasteiger partial charge in [-0.25, -0.2) is 0 Å². The maximum Gasteiger partial charge on any atom is 0.261 e. The maximum absolute atomic E-state index is 5.33. The Kier molecular flexibility index (Phi) is 1.73. The first-order valence-corrected chi connectivity index (χ1v) is 3.92. The third-order valence-corrected chi connectivity index (χ3v) is 1.74. The highest BCUT2D eigenvalue weighted by Gasteiger charge is 2.04. The molecule has 13 heavy (non-hydrogen) atoms. The van der Waals surface area contributed by atoms with Gasteiger partial charge in [-0.15, -0.1) is 0 Å². The molecule has 0 aliphatic carbocycles. The molecule has 4 heteroatoms. The Labute approximate surface area is 75.4 Å². The van der Waals surface area contributed by atoms with E-state index in [1.54, 1.807) is 0 Å². The summed E-state index contributed by atoms with van der Waals surface area (Å²) in [5.74, 6) is 0.619. The monoisotopic (exact) mass is 175 g/mol. The van der Waals surface area contributed by atoms with Gasteiger partial charge in [0, 0.05) is 5.56 Å². The molecule has 2 aromatic rings. The van der Waals surface area contributed by atoms with Crippen LogP contribution in [0.4, 0.5) is 5.95 Å². The lowest BCUT2D eigenvalue weighted by Gasteiger charge is -1.93. The normalized spacial score (nSPS) is 10.2. The smallest absolute Gasteiger partial charge is 0.261 e. The summed E-state index contributed by atoms with van der Waals surface area (Å²) in [6.45, 7) is 2.02. The number of hydrogen-bond acceptors (Lipinski definition) is 4. The van der Waals surface area contributed by atoms with Gasteiger partial charge in [0.05, 0.1) is 0 Å². The molecule has 0 aliphatic heterocycles. The molecule has 0 bridgehead atoms. The summed E-state index contributed by atoms with van der Waals surface area (Å²) in [6.07, 6.45) is 0. The molecule has 1 heterocycles. The van der Waals surface area contributed by atoms with E-state index < -0.39 is 0 Å². The molecule has 1 aromatic carbocycles. The molecule has 0 saturated carbocycles. The van der Waals surface area contributed by atoms with E-state index in [0.29, 0.717) is 5.89 Å². The fourth-order valence-corrected chi connectivity index (χ4v) is 1.05. The Bertz CT molecular complexity index is 405. The van der Waals surface area contributed by atoms with Crippen LogP contribution in [0.2, 0.25) is 0 Å². The molecule has 1 aromatic heterocycles. The number of benzene rings is 1. The van der Waals surface area contributed by atoms with E-state index in [1.807, 2.05) is 31.2 Å². The van der Waals surface area contributed by atoms with Gasteiger partial charge >= 0.3 is 0 Å². The van der Waals surface area contributed by atoms with Crippen molar-refractivity contribution in [2.75, 3.05) is 5.73 Å². The summed E-state index contributed by atoms with van der Waals surface area (Å²) in [5, 5.41) is 3.51. The molecule has 0 radical (unpaired) electrons. The standard InChI is InChI=1S/C9H9N3O/c1-6-2-4-7(5-3-6)8-11-9(10)12-13-8/h2-5H,1H3,(H2,10,12). The van der Waals surface area contributed by atoms with Crippen molar-refractivity contribution in [2.45, 2.75) is 6.92 Å². The summed E-state index contributed by atoms with van der Waals surface area (Å²) in [6, 6.07) is 7.80. The van der Waals surface area contributed by atoms with E-state index in [2.05, 4.69) is 10.1 Å². The highest BCUT2D eigenvalue weighted by Crippen LogP contribution is 2.17. The number of aromatic nitrogens is 2. The molecule has 2 rings (SSSR count). The fraction of sp³-hybridized carbons (Fsp3) is 0.111. The molecule has 0 atom stereocenters. The van der Waals surface area contributed by atoms with Crippen molar-refractivity contribution in [2.24, 2.45) is 0 Å². The molecule has 4 nitrogen and oxygen atoms in total. The van der Waals surface area contributed by atoms with Crippen molar-refractivity contribution < 1.29 is 4.52 Å². The minimum atomic E-state index is 0.163. The van der Waals surface area contributed by atoms with Crippen molar-refractivity contribution in [1.82, 2.24) is 10.1 Å². The number of hydrogen-bond donors (Lipinski definition) is 1. The quantitative estimate of drug-likeness (QED) is 0.715. The number of nitrogens with zero attached hydrogens (tertiary/aromatic N) is 2. The summed E-state index contributed by atoms with van der Waals surface area (Å²) in [7, 11) is 0. The minimum absolute atomic E-state index is 0.163. The summed E-state index contributed by atoms with van der Waals surface area (Å²) in [4.78, 5) is 3.91. The second-order valence-electron chi connectivity index (χ2n) is 2.82. The van der Waals surface area contributed by atoms with E-state index in [0.717, 1.165) is 5.56 Å². The third kappa shape index (κ3) is 1.51. The largest absolute Gasteiger partial charge is 0.365 e. The number of anilines is 1. The molecule has 0 spiro atoms. The van der Waals surface area contributed by atoms with E-state index in [4.69, 9.17) is 10.3 Å². The highest BCUT2D eigenvalue weighted by molar-refractivity contribution is 5.54. The Morgan fingerprint density at radius 2 is 1.92 bits per heavy atom. The van der Waals surface area contributed by atoms with Crippen LogP contribution < -0.4 is 5.73 Å². The van der Waals surface area contributed by atoms with Crippen LogP contribution in [0.25, 0.3) is 11.5 Å². The Hall–Kier alpha value is -1.84. The van der Waals surface area contributed by atoms with Crippen LogP contribution in [0.15, 0.2) is 28.8 Å². The lowest BCUT2D eigenvalue weighted by atomic mass is 10.1. The van der Waals surface area contributed by atoms with Crippen LogP contribution in [-0.2, 0) is 0 Å². The number of nitrogen functional groups attached to an aromatic ring is 1. The van der Waals surface area contributed by atoms with E-state index in [-0.39, 0.29) is 5.95 Å².